The highest BCUT2D eigenvalue weighted by Gasteiger charge is 2.16. The first-order valence-corrected chi connectivity index (χ1v) is 8.56. The first-order valence-electron chi connectivity index (χ1n) is 6.90. The first kappa shape index (κ1) is 16.4. The summed E-state index contributed by atoms with van der Waals surface area (Å²) in [5.74, 6) is 0.348. The Morgan fingerprint density at radius 2 is 2.04 bits per heavy atom. The molecule has 1 aromatic carbocycles. The van der Waals surface area contributed by atoms with Gasteiger partial charge >= 0.3 is 0 Å². The van der Waals surface area contributed by atoms with Gasteiger partial charge in [0.05, 0.1) is 10.6 Å². The van der Waals surface area contributed by atoms with E-state index in [0.717, 1.165) is 21.7 Å². The van der Waals surface area contributed by atoms with Gasteiger partial charge in [-0.3, -0.25) is 0 Å². The van der Waals surface area contributed by atoms with Crippen molar-refractivity contribution in [2.75, 3.05) is 5.32 Å². The number of hydrogen-bond acceptors (Lipinski definition) is 4. The van der Waals surface area contributed by atoms with E-state index < -0.39 is 0 Å². The van der Waals surface area contributed by atoms with Crippen molar-refractivity contribution < 1.29 is 0 Å². The predicted molar refractivity (Wildman–Crippen MR) is 103 cm³/mol. The normalized spacial score (nSPS) is 10.2. The van der Waals surface area contributed by atoms with Crippen molar-refractivity contribution in [3.05, 3.63) is 58.4 Å². The molecule has 0 aliphatic heterocycles. The Labute approximate surface area is 153 Å². The third-order valence-electron chi connectivity index (χ3n) is 3.30. The fourth-order valence-electron chi connectivity index (χ4n) is 2.27. The van der Waals surface area contributed by atoms with Crippen LogP contribution in [-0.4, -0.2) is 10.1 Å². The number of aromatic nitrogens is 1. The number of anilines is 1. The summed E-state index contributed by atoms with van der Waals surface area (Å²) in [5, 5.41) is 15.1. The van der Waals surface area contributed by atoms with E-state index in [0.29, 0.717) is 16.4 Å². The maximum Gasteiger partial charge on any atom is 0.169 e. The van der Waals surface area contributed by atoms with Crippen LogP contribution >= 0.6 is 35.2 Å². The van der Waals surface area contributed by atoms with Crippen LogP contribution in [0.4, 0.5) is 5.82 Å². The number of nitriles is 1. The van der Waals surface area contributed by atoms with Gasteiger partial charge in [0.25, 0.3) is 0 Å². The van der Waals surface area contributed by atoms with Crippen molar-refractivity contribution in [3.8, 4) is 27.8 Å². The average Bonchev–Trinajstić information content (AvgIpc) is 3.09. The van der Waals surface area contributed by atoms with Crippen molar-refractivity contribution in [1.29, 1.82) is 5.26 Å². The molecule has 3 N–H and O–H groups in total. The van der Waals surface area contributed by atoms with Gasteiger partial charge in [0.2, 0.25) is 0 Å². The second kappa shape index (κ2) is 6.97. The molecule has 0 amide bonds. The molecule has 0 fully saturated rings. The number of rotatable bonds is 3. The molecule has 24 heavy (non-hydrogen) atoms. The molecule has 0 unspecified atom stereocenters. The van der Waals surface area contributed by atoms with E-state index in [1.165, 1.54) is 0 Å². The number of pyridine rings is 1. The Kier molecular flexibility index (Phi) is 4.76. The Bertz CT molecular complexity index is 928. The summed E-state index contributed by atoms with van der Waals surface area (Å²) in [6.07, 6.45) is 0. The average molecular weight is 371 g/mol. The van der Waals surface area contributed by atoms with Crippen molar-refractivity contribution in [2.24, 2.45) is 5.73 Å². The van der Waals surface area contributed by atoms with Gasteiger partial charge in [-0.25, -0.2) is 4.98 Å². The quantitative estimate of drug-likeness (QED) is 0.656. The standard InChI is InChI=1S/C17H11ClN4S2/c18-11-5-3-10(4-6-11)12-8-14(15-2-1-7-24-15)21-16(13(12)9-19)22-17(20)23/h1-8H,(H3,20,21,22,23). The Hall–Kier alpha value is -2.46. The second-order valence-corrected chi connectivity index (χ2v) is 6.69. The maximum absolute atomic E-state index is 9.61. The van der Waals surface area contributed by atoms with Crippen LogP contribution in [0.1, 0.15) is 5.56 Å². The van der Waals surface area contributed by atoms with Crippen LogP contribution in [0.5, 0.6) is 0 Å². The molecule has 0 aliphatic rings. The number of thiocarbonyl (C=S) groups is 1. The van der Waals surface area contributed by atoms with Gasteiger partial charge in [-0.15, -0.1) is 11.3 Å². The smallest absolute Gasteiger partial charge is 0.169 e. The molecule has 3 aromatic rings. The summed E-state index contributed by atoms with van der Waals surface area (Å²) in [4.78, 5) is 5.50. The Balaban J connectivity index is 2.25. The maximum atomic E-state index is 9.61. The van der Waals surface area contributed by atoms with Gasteiger partial charge in [0.1, 0.15) is 11.6 Å². The van der Waals surface area contributed by atoms with Gasteiger partial charge in [-0.1, -0.05) is 29.8 Å². The van der Waals surface area contributed by atoms with Gasteiger partial charge < -0.3 is 11.1 Å². The van der Waals surface area contributed by atoms with Crippen LogP contribution in [-0.2, 0) is 0 Å². The number of thiophene rings is 1. The van der Waals surface area contributed by atoms with Crippen LogP contribution in [0.2, 0.25) is 5.02 Å². The van der Waals surface area contributed by atoms with E-state index in [1.807, 2.05) is 35.7 Å². The second-order valence-electron chi connectivity index (χ2n) is 4.86. The molecule has 3 rings (SSSR count). The van der Waals surface area contributed by atoms with Gasteiger partial charge in [0, 0.05) is 10.6 Å². The molecular weight excluding hydrogens is 360 g/mol. The lowest BCUT2D eigenvalue weighted by Crippen LogP contribution is -2.20. The van der Waals surface area contributed by atoms with E-state index in [-0.39, 0.29) is 5.11 Å². The van der Waals surface area contributed by atoms with Crippen molar-refractivity contribution in [3.63, 3.8) is 0 Å². The number of nitrogens with two attached hydrogens (primary N) is 1. The lowest BCUT2D eigenvalue weighted by Gasteiger charge is -2.12. The molecule has 0 radical (unpaired) electrons. The summed E-state index contributed by atoms with van der Waals surface area (Å²) in [6.45, 7) is 0. The van der Waals surface area contributed by atoms with Gasteiger partial charge in [-0.2, -0.15) is 5.26 Å². The van der Waals surface area contributed by atoms with E-state index in [4.69, 9.17) is 29.6 Å². The predicted octanol–water partition coefficient (Wildman–Crippen LogP) is 4.66. The topological polar surface area (TPSA) is 74.7 Å². The molecule has 7 heteroatoms. The summed E-state index contributed by atoms with van der Waals surface area (Å²) >= 11 is 12.4. The van der Waals surface area contributed by atoms with Crippen LogP contribution in [0, 0.1) is 11.3 Å². The first-order chi connectivity index (χ1) is 11.6. The number of benzene rings is 1. The highest BCUT2D eigenvalue weighted by molar-refractivity contribution is 7.80. The molecular formula is C17H11ClN4S2. The van der Waals surface area contributed by atoms with E-state index >= 15 is 0 Å². The molecule has 4 nitrogen and oxygen atoms in total. The molecule has 2 aromatic heterocycles. The summed E-state index contributed by atoms with van der Waals surface area (Å²) in [7, 11) is 0. The van der Waals surface area contributed by atoms with Crippen molar-refractivity contribution in [2.45, 2.75) is 0 Å². The minimum atomic E-state index is 0.0596. The molecule has 0 bridgehead atoms. The largest absolute Gasteiger partial charge is 0.376 e. The summed E-state index contributed by atoms with van der Waals surface area (Å²) < 4.78 is 0. The SMILES string of the molecule is N#Cc1c(-c2ccc(Cl)cc2)cc(-c2cccs2)nc1NC(N)=S. The molecule has 0 saturated carbocycles. The van der Waals surface area contributed by atoms with Gasteiger partial charge in [-0.05, 0) is 47.4 Å². The molecule has 0 atom stereocenters. The zero-order valence-corrected chi connectivity index (χ0v) is 14.7. The molecule has 0 saturated heterocycles. The summed E-state index contributed by atoms with van der Waals surface area (Å²) in [6, 6.07) is 15.3. The number of hydrogen-bond donors (Lipinski definition) is 2. The fourth-order valence-corrected chi connectivity index (χ4v) is 3.18. The van der Waals surface area contributed by atoms with Crippen LogP contribution in [0.3, 0.4) is 0 Å². The van der Waals surface area contributed by atoms with Crippen LogP contribution in [0.25, 0.3) is 21.7 Å². The fraction of sp³-hybridized carbons (Fsp3) is 0. The lowest BCUT2D eigenvalue weighted by atomic mass is 10.00. The molecule has 0 spiro atoms. The Morgan fingerprint density at radius 1 is 1.29 bits per heavy atom. The zero-order valence-electron chi connectivity index (χ0n) is 12.3. The third kappa shape index (κ3) is 3.39. The highest BCUT2D eigenvalue weighted by atomic mass is 35.5. The summed E-state index contributed by atoms with van der Waals surface area (Å²) in [5.41, 5.74) is 8.31. The van der Waals surface area contributed by atoms with Gasteiger partial charge in [0.15, 0.2) is 10.9 Å². The minimum absolute atomic E-state index is 0.0596. The monoisotopic (exact) mass is 370 g/mol. The number of halogens is 1. The molecule has 0 aliphatic carbocycles. The minimum Gasteiger partial charge on any atom is -0.376 e. The van der Waals surface area contributed by atoms with E-state index in [2.05, 4.69) is 16.4 Å². The van der Waals surface area contributed by atoms with Crippen molar-refractivity contribution >= 4 is 46.1 Å². The highest BCUT2D eigenvalue weighted by Crippen LogP contribution is 2.34. The molecule has 118 valence electrons. The van der Waals surface area contributed by atoms with Crippen LogP contribution in [0.15, 0.2) is 47.8 Å². The van der Waals surface area contributed by atoms with E-state index in [1.54, 1.807) is 23.5 Å². The van der Waals surface area contributed by atoms with Crippen molar-refractivity contribution in [1.82, 2.24) is 4.98 Å². The Morgan fingerprint density at radius 3 is 2.62 bits per heavy atom. The third-order valence-corrected chi connectivity index (χ3v) is 4.55. The number of nitrogens with one attached hydrogen (secondary N) is 1. The molecule has 2 heterocycles. The zero-order chi connectivity index (χ0) is 17.1. The van der Waals surface area contributed by atoms with Crippen LogP contribution < -0.4 is 11.1 Å². The van der Waals surface area contributed by atoms with E-state index in [9.17, 15) is 5.26 Å². The lowest BCUT2D eigenvalue weighted by molar-refractivity contribution is 1.30. The number of nitrogens with zero attached hydrogens (tertiary/aromatic N) is 2.